The lowest BCUT2D eigenvalue weighted by Crippen LogP contribution is -2.03. The second-order valence-corrected chi connectivity index (χ2v) is 6.04. The molecule has 4 rings (SSSR count). The summed E-state index contributed by atoms with van der Waals surface area (Å²) in [7, 11) is 0. The Morgan fingerprint density at radius 3 is 2.50 bits per heavy atom. The number of phenolic OH excluding ortho intramolecular Hbond substituents is 1. The Labute approximate surface area is 143 Å². The fourth-order valence-electron chi connectivity index (χ4n) is 2.84. The molecule has 2 N–H and O–H groups in total. The lowest BCUT2D eigenvalue weighted by Gasteiger charge is -2.09. The number of halogens is 1. The lowest BCUT2D eigenvalue weighted by atomic mass is 10.0. The first-order chi connectivity index (χ1) is 11.6. The summed E-state index contributed by atoms with van der Waals surface area (Å²) >= 11 is 6.32. The van der Waals surface area contributed by atoms with Gasteiger partial charge in [0.15, 0.2) is 0 Å². The van der Waals surface area contributed by atoms with Crippen molar-refractivity contribution in [1.29, 1.82) is 0 Å². The molecule has 0 saturated heterocycles. The summed E-state index contributed by atoms with van der Waals surface area (Å²) in [5.74, 6) is 0.171. The fraction of sp³-hybridized carbons (Fsp3) is 0.0526. The van der Waals surface area contributed by atoms with Crippen LogP contribution in [0.3, 0.4) is 0 Å². The second-order valence-electron chi connectivity index (χ2n) is 5.63. The number of para-hydroxylation sites is 1. The van der Waals surface area contributed by atoms with Gasteiger partial charge in [-0.25, -0.2) is 4.98 Å². The Bertz CT molecular complexity index is 952. The molecule has 1 aromatic heterocycles. The number of nitrogens with zero attached hydrogens (tertiary/aromatic N) is 1. The third-order valence-corrected chi connectivity index (χ3v) is 4.32. The quantitative estimate of drug-likeness (QED) is 0.734. The summed E-state index contributed by atoms with van der Waals surface area (Å²) in [5.41, 5.74) is 4.58. The van der Waals surface area contributed by atoms with E-state index in [4.69, 9.17) is 11.6 Å². The predicted octanol–water partition coefficient (Wildman–Crippen LogP) is 4.27. The van der Waals surface area contributed by atoms with Crippen LogP contribution in [0.4, 0.5) is 5.69 Å². The molecule has 0 unspecified atom stereocenters. The Morgan fingerprint density at radius 1 is 1.04 bits per heavy atom. The summed E-state index contributed by atoms with van der Waals surface area (Å²) in [6, 6.07) is 16.6. The van der Waals surface area contributed by atoms with Crippen LogP contribution in [0.15, 0.2) is 54.6 Å². The molecule has 0 saturated carbocycles. The van der Waals surface area contributed by atoms with Gasteiger partial charge in [0.1, 0.15) is 5.75 Å². The number of fused-ring (bicyclic) bond motifs is 1. The van der Waals surface area contributed by atoms with Crippen LogP contribution >= 0.6 is 11.6 Å². The molecule has 0 bridgehead atoms. The number of phenols is 1. The van der Waals surface area contributed by atoms with Crippen molar-refractivity contribution in [2.75, 3.05) is 5.32 Å². The van der Waals surface area contributed by atoms with E-state index >= 15 is 0 Å². The van der Waals surface area contributed by atoms with Gasteiger partial charge in [0.05, 0.1) is 28.5 Å². The molecule has 5 heteroatoms. The van der Waals surface area contributed by atoms with Gasteiger partial charge in [0.2, 0.25) is 5.91 Å². The normalized spacial score (nSPS) is 12.8. The van der Waals surface area contributed by atoms with Crippen molar-refractivity contribution in [2.45, 2.75) is 6.42 Å². The largest absolute Gasteiger partial charge is 0.507 e. The number of rotatable bonds is 2. The molecule has 24 heavy (non-hydrogen) atoms. The standard InChI is InChI=1S/C19H13ClN2O2/c20-14-9-15-16(10-18(24)21-15)22-19(14)12-7-5-11(6-8-12)13-3-1-2-4-17(13)23/h1-9,23H,10H2,(H,21,24). The third kappa shape index (κ3) is 2.51. The maximum absolute atomic E-state index is 11.5. The molecule has 0 radical (unpaired) electrons. The number of aromatic nitrogens is 1. The van der Waals surface area contributed by atoms with Crippen LogP contribution < -0.4 is 5.32 Å². The maximum atomic E-state index is 11.5. The van der Waals surface area contributed by atoms with Crippen LogP contribution in [0, 0.1) is 0 Å². The Hall–Kier alpha value is -2.85. The first kappa shape index (κ1) is 14.7. The summed E-state index contributed by atoms with van der Waals surface area (Å²) in [5, 5.41) is 13.2. The number of nitrogens with one attached hydrogen (secondary N) is 1. The van der Waals surface area contributed by atoms with Crippen LogP contribution in [0.5, 0.6) is 5.75 Å². The van der Waals surface area contributed by atoms with E-state index in [1.165, 1.54) is 0 Å². The molecule has 2 heterocycles. The first-order valence-electron chi connectivity index (χ1n) is 7.50. The number of aromatic hydroxyl groups is 1. The van der Waals surface area contributed by atoms with E-state index in [1.54, 1.807) is 18.2 Å². The zero-order valence-electron chi connectivity index (χ0n) is 12.6. The molecule has 0 fully saturated rings. The molecule has 2 aromatic carbocycles. The summed E-state index contributed by atoms with van der Waals surface area (Å²) in [6.07, 6.45) is 0.273. The Kier molecular flexibility index (Phi) is 3.47. The van der Waals surface area contributed by atoms with Crippen LogP contribution in [0.2, 0.25) is 5.02 Å². The number of pyridine rings is 1. The van der Waals surface area contributed by atoms with Gasteiger partial charge in [0.25, 0.3) is 0 Å². The molecule has 118 valence electrons. The molecule has 3 aromatic rings. The van der Waals surface area contributed by atoms with Crippen molar-refractivity contribution >= 4 is 23.2 Å². The van der Waals surface area contributed by atoms with Gasteiger partial charge in [-0.1, -0.05) is 54.1 Å². The minimum absolute atomic E-state index is 0.0689. The van der Waals surface area contributed by atoms with Crippen LogP contribution in [0.1, 0.15) is 5.69 Å². The van der Waals surface area contributed by atoms with E-state index in [0.29, 0.717) is 22.1 Å². The van der Waals surface area contributed by atoms with Gasteiger partial charge >= 0.3 is 0 Å². The number of carbonyl (C=O) groups is 1. The molecule has 1 aliphatic rings. The van der Waals surface area contributed by atoms with Gasteiger partial charge in [-0.2, -0.15) is 0 Å². The van der Waals surface area contributed by atoms with Crippen molar-refractivity contribution in [3.63, 3.8) is 0 Å². The van der Waals surface area contributed by atoms with Crippen molar-refractivity contribution in [1.82, 2.24) is 4.98 Å². The minimum atomic E-state index is -0.0689. The van der Waals surface area contributed by atoms with Gasteiger partial charge in [-0.05, 0) is 17.7 Å². The fourth-order valence-corrected chi connectivity index (χ4v) is 3.10. The zero-order valence-corrected chi connectivity index (χ0v) is 13.3. The zero-order chi connectivity index (χ0) is 16.7. The van der Waals surface area contributed by atoms with Crippen LogP contribution in [-0.2, 0) is 11.2 Å². The Balaban J connectivity index is 1.73. The summed E-state index contributed by atoms with van der Waals surface area (Å²) in [6.45, 7) is 0. The van der Waals surface area contributed by atoms with Crippen molar-refractivity contribution in [2.24, 2.45) is 0 Å². The highest BCUT2D eigenvalue weighted by Gasteiger charge is 2.21. The van der Waals surface area contributed by atoms with Crippen molar-refractivity contribution in [3.8, 4) is 28.1 Å². The SMILES string of the molecule is O=C1Cc2nc(-c3ccc(-c4ccccc4O)cc3)c(Cl)cc2N1. The minimum Gasteiger partial charge on any atom is -0.507 e. The van der Waals surface area contributed by atoms with Crippen LogP contribution in [0.25, 0.3) is 22.4 Å². The molecule has 1 aliphatic heterocycles. The average molecular weight is 337 g/mol. The van der Waals surface area contributed by atoms with Crippen LogP contribution in [-0.4, -0.2) is 16.0 Å². The number of hydrogen-bond acceptors (Lipinski definition) is 3. The van der Waals surface area contributed by atoms with E-state index in [1.807, 2.05) is 36.4 Å². The monoisotopic (exact) mass is 336 g/mol. The summed E-state index contributed by atoms with van der Waals surface area (Å²) in [4.78, 5) is 16.0. The number of anilines is 1. The van der Waals surface area contributed by atoms with Crippen molar-refractivity contribution < 1.29 is 9.90 Å². The number of hydrogen-bond donors (Lipinski definition) is 2. The molecule has 0 spiro atoms. The van der Waals surface area contributed by atoms with E-state index in [0.717, 1.165) is 16.7 Å². The van der Waals surface area contributed by atoms with Gasteiger partial charge in [-0.3, -0.25) is 4.79 Å². The number of amides is 1. The molecule has 1 amide bonds. The molecular weight excluding hydrogens is 324 g/mol. The maximum Gasteiger partial charge on any atom is 0.230 e. The highest BCUT2D eigenvalue weighted by Crippen LogP contribution is 2.34. The molecule has 0 atom stereocenters. The van der Waals surface area contributed by atoms with Gasteiger partial charge in [0, 0.05) is 11.1 Å². The Morgan fingerprint density at radius 2 is 1.75 bits per heavy atom. The first-order valence-corrected chi connectivity index (χ1v) is 7.88. The molecular formula is C19H13ClN2O2. The van der Waals surface area contributed by atoms with Gasteiger partial charge < -0.3 is 10.4 Å². The topological polar surface area (TPSA) is 62.2 Å². The number of carbonyl (C=O) groups excluding carboxylic acids is 1. The third-order valence-electron chi connectivity index (χ3n) is 4.03. The van der Waals surface area contributed by atoms with E-state index in [2.05, 4.69) is 10.3 Å². The van der Waals surface area contributed by atoms with Gasteiger partial charge in [-0.15, -0.1) is 0 Å². The average Bonchev–Trinajstić information content (AvgIpc) is 2.94. The van der Waals surface area contributed by atoms with Crippen molar-refractivity contribution in [3.05, 3.63) is 65.3 Å². The summed E-state index contributed by atoms with van der Waals surface area (Å²) < 4.78 is 0. The van der Waals surface area contributed by atoms with E-state index < -0.39 is 0 Å². The highest BCUT2D eigenvalue weighted by atomic mass is 35.5. The lowest BCUT2D eigenvalue weighted by molar-refractivity contribution is -0.115. The predicted molar refractivity (Wildman–Crippen MR) is 94.1 cm³/mol. The van der Waals surface area contributed by atoms with E-state index in [9.17, 15) is 9.90 Å². The van der Waals surface area contributed by atoms with E-state index in [-0.39, 0.29) is 18.1 Å². The molecule has 4 nitrogen and oxygen atoms in total. The molecule has 0 aliphatic carbocycles. The smallest absolute Gasteiger partial charge is 0.230 e. The second kappa shape index (κ2) is 5.65. The highest BCUT2D eigenvalue weighted by molar-refractivity contribution is 6.33. The number of benzene rings is 2.